The van der Waals surface area contributed by atoms with E-state index >= 15 is 0 Å². The van der Waals surface area contributed by atoms with Crippen molar-refractivity contribution < 1.29 is 9.53 Å². The molecular formula is C13H24Cl2N4O2. The van der Waals surface area contributed by atoms with Crippen LogP contribution in [0.4, 0.5) is 0 Å². The number of carbonyl (C=O) groups excluding carboxylic acids is 1. The smallest absolute Gasteiger partial charge is 0.222 e. The maximum Gasteiger partial charge on any atom is 0.222 e. The second kappa shape index (κ2) is 10.00. The van der Waals surface area contributed by atoms with Gasteiger partial charge in [0, 0.05) is 37.9 Å². The summed E-state index contributed by atoms with van der Waals surface area (Å²) in [6, 6.07) is 1.96. The fourth-order valence-corrected chi connectivity index (χ4v) is 2.18. The Morgan fingerprint density at radius 1 is 1.52 bits per heavy atom. The normalized spacial score (nSPS) is 19.3. The highest BCUT2D eigenvalue weighted by atomic mass is 35.5. The molecule has 0 aliphatic carbocycles. The summed E-state index contributed by atoms with van der Waals surface area (Å²) in [7, 11) is 0. The van der Waals surface area contributed by atoms with Gasteiger partial charge in [-0.1, -0.05) is 0 Å². The van der Waals surface area contributed by atoms with Gasteiger partial charge in [0.1, 0.15) is 0 Å². The van der Waals surface area contributed by atoms with E-state index in [0.717, 1.165) is 6.42 Å². The lowest BCUT2D eigenvalue weighted by atomic mass is 10.1. The van der Waals surface area contributed by atoms with Crippen molar-refractivity contribution in [1.82, 2.24) is 14.7 Å². The van der Waals surface area contributed by atoms with E-state index in [4.69, 9.17) is 10.5 Å². The van der Waals surface area contributed by atoms with E-state index in [0.29, 0.717) is 32.7 Å². The van der Waals surface area contributed by atoms with Gasteiger partial charge < -0.3 is 15.4 Å². The number of amides is 1. The van der Waals surface area contributed by atoms with Crippen LogP contribution >= 0.6 is 24.8 Å². The monoisotopic (exact) mass is 338 g/mol. The fourth-order valence-electron chi connectivity index (χ4n) is 2.18. The van der Waals surface area contributed by atoms with E-state index < -0.39 is 0 Å². The van der Waals surface area contributed by atoms with Crippen LogP contribution in [0.25, 0.3) is 0 Å². The van der Waals surface area contributed by atoms with Gasteiger partial charge in [-0.3, -0.25) is 9.48 Å². The van der Waals surface area contributed by atoms with Gasteiger partial charge in [-0.05, 0) is 19.4 Å². The number of ether oxygens (including phenoxy) is 1. The molecule has 1 saturated heterocycles. The van der Waals surface area contributed by atoms with E-state index in [1.807, 2.05) is 28.8 Å². The molecule has 2 atom stereocenters. The lowest BCUT2D eigenvalue weighted by Gasteiger charge is -2.33. The summed E-state index contributed by atoms with van der Waals surface area (Å²) in [5.41, 5.74) is 5.68. The third-order valence-corrected chi connectivity index (χ3v) is 3.25. The Labute approximate surface area is 137 Å². The van der Waals surface area contributed by atoms with Crippen molar-refractivity contribution in [3.63, 3.8) is 0 Å². The summed E-state index contributed by atoms with van der Waals surface area (Å²) >= 11 is 0. The van der Waals surface area contributed by atoms with Gasteiger partial charge in [-0.2, -0.15) is 5.10 Å². The van der Waals surface area contributed by atoms with Crippen LogP contribution in [-0.4, -0.2) is 52.4 Å². The lowest BCUT2D eigenvalue weighted by Crippen LogP contribution is -2.47. The first kappa shape index (κ1) is 20.2. The number of halogens is 2. The standard InChI is InChI=1S/C13H22N4O2.2ClH/c1-11(14)3-4-13(18)16-7-8-19-12(9-16)10-17-6-2-5-15-17;;/h2,5-6,11-12H,3-4,7-10,14H2,1H3;2*1H. The van der Waals surface area contributed by atoms with Gasteiger partial charge in [-0.15, -0.1) is 24.8 Å². The van der Waals surface area contributed by atoms with Crippen molar-refractivity contribution in [3.05, 3.63) is 18.5 Å². The zero-order valence-electron chi connectivity index (χ0n) is 12.2. The minimum Gasteiger partial charge on any atom is -0.373 e. The molecular weight excluding hydrogens is 315 g/mol. The van der Waals surface area contributed by atoms with Crippen LogP contribution in [0.1, 0.15) is 19.8 Å². The second-order valence-electron chi connectivity index (χ2n) is 5.08. The minimum atomic E-state index is 0. The second-order valence-corrected chi connectivity index (χ2v) is 5.08. The van der Waals surface area contributed by atoms with Gasteiger partial charge in [0.25, 0.3) is 0 Å². The van der Waals surface area contributed by atoms with Crippen LogP contribution in [0.5, 0.6) is 0 Å². The molecule has 2 unspecified atom stereocenters. The van der Waals surface area contributed by atoms with Crippen molar-refractivity contribution in [1.29, 1.82) is 0 Å². The maximum atomic E-state index is 12.0. The highest BCUT2D eigenvalue weighted by Gasteiger charge is 2.24. The van der Waals surface area contributed by atoms with E-state index in [1.54, 1.807) is 6.20 Å². The molecule has 21 heavy (non-hydrogen) atoms. The molecule has 0 radical (unpaired) electrons. The number of aromatic nitrogens is 2. The number of carbonyl (C=O) groups is 1. The van der Waals surface area contributed by atoms with Gasteiger partial charge in [0.15, 0.2) is 0 Å². The molecule has 0 bridgehead atoms. The van der Waals surface area contributed by atoms with E-state index in [2.05, 4.69) is 5.10 Å². The molecule has 2 N–H and O–H groups in total. The topological polar surface area (TPSA) is 73.4 Å². The summed E-state index contributed by atoms with van der Waals surface area (Å²) in [6.45, 7) is 4.51. The van der Waals surface area contributed by atoms with Crippen molar-refractivity contribution in [3.8, 4) is 0 Å². The zero-order chi connectivity index (χ0) is 13.7. The average Bonchev–Trinajstić information content (AvgIpc) is 2.89. The predicted octanol–water partition coefficient (Wildman–Crippen LogP) is 1.08. The number of nitrogens with zero attached hydrogens (tertiary/aromatic N) is 3. The van der Waals surface area contributed by atoms with Crippen LogP contribution < -0.4 is 5.73 Å². The molecule has 8 heteroatoms. The van der Waals surface area contributed by atoms with Gasteiger partial charge in [0.2, 0.25) is 5.91 Å². The summed E-state index contributed by atoms with van der Waals surface area (Å²) in [5, 5.41) is 4.16. The van der Waals surface area contributed by atoms with Crippen molar-refractivity contribution >= 4 is 30.7 Å². The summed E-state index contributed by atoms with van der Waals surface area (Å²) in [6.07, 6.45) is 4.92. The average molecular weight is 339 g/mol. The molecule has 6 nitrogen and oxygen atoms in total. The van der Waals surface area contributed by atoms with Crippen LogP contribution in [0.2, 0.25) is 0 Å². The highest BCUT2D eigenvalue weighted by molar-refractivity contribution is 5.85. The number of rotatable bonds is 5. The summed E-state index contributed by atoms with van der Waals surface area (Å²) in [4.78, 5) is 13.9. The minimum absolute atomic E-state index is 0. The van der Waals surface area contributed by atoms with Crippen molar-refractivity contribution in [2.45, 2.75) is 38.5 Å². The van der Waals surface area contributed by atoms with Gasteiger partial charge >= 0.3 is 0 Å². The Kier molecular flexibility index (Phi) is 9.61. The first-order valence-electron chi connectivity index (χ1n) is 6.77. The molecule has 0 aromatic carbocycles. The van der Waals surface area contributed by atoms with Gasteiger partial charge in [-0.25, -0.2) is 0 Å². The first-order valence-corrected chi connectivity index (χ1v) is 6.77. The van der Waals surface area contributed by atoms with E-state index in [9.17, 15) is 4.79 Å². The number of hydrogen-bond acceptors (Lipinski definition) is 4. The number of morpholine rings is 1. The number of hydrogen-bond donors (Lipinski definition) is 1. The third kappa shape index (κ3) is 6.65. The molecule has 1 aliphatic heterocycles. The molecule has 1 fully saturated rings. The van der Waals surface area contributed by atoms with Crippen LogP contribution in [0.3, 0.4) is 0 Å². The van der Waals surface area contributed by atoms with Crippen LogP contribution in [-0.2, 0) is 16.1 Å². The van der Waals surface area contributed by atoms with Crippen molar-refractivity contribution in [2.75, 3.05) is 19.7 Å². The first-order chi connectivity index (χ1) is 9.15. The van der Waals surface area contributed by atoms with Crippen LogP contribution in [0.15, 0.2) is 18.5 Å². The van der Waals surface area contributed by atoms with Crippen molar-refractivity contribution in [2.24, 2.45) is 5.73 Å². The van der Waals surface area contributed by atoms with E-state index in [1.165, 1.54) is 0 Å². The van der Waals surface area contributed by atoms with E-state index in [-0.39, 0.29) is 42.9 Å². The predicted molar refractivity (Wildman–Crippen MR) is 85.9 cm³/mol. The Hall–Kier alpha value is -0.820. The molecule has 2 heterocycles. The lowest BCUT2D eigenvalue weighted by molar-refractivity contribution is -0.139. The Morgan fingerprint density at radius 3 is 2.90 bits per heavy atom. The van der Waals surface area contributed by atoms with Crippen LogP contribution in [0, 0.1) is 0 Å². The zero-order valence-corrected chi connectivity index (χ0v) is 13.8. The third-order valence-electron chi connectivity index (χ3n) is 3.25. The summed E-state index contributed by atoms with van der Waals surface area (Å²) < 4.78 is 7.51. The quantitative estimate of drug-likeness (QED) is 0.871. The largest absolute Gasteiger partial charge is 0.373 e. The molecule has 1 amide bonds. The molecule has 1 aromatic heterocycles. The molecule has 1 aromatic rings. The molecule has 2 rings (SSSR count). The molecule has 1 aliphatic rings. The van der Waals surface area contributed by atoms with Gasteiger partial charge in [0.05, 0.1) is 19.3 Å². The Bertz CT molecular complexity index is 401. The highest BCUT2D eigenvalue weighted by Crippen LogP contribution is 2.10. The Balaban J connectivity index is 0.00000200. The maximum absolute atomic E-state index is 12.0. The SMILES string of the molecule is CC(N)CCC(=O)N1CCOC(Cn2cccn2)C1.Cl.Cl. The fraction of sp³-hybridized carbons (Fsp3) is 0.692. The summed E-state index contributed by atoms with van der Waals surface area (Å²) in [5.74, 6) is 0.172. The molecule has 0 spiro atoms. The Morgan fingerprint density at radius 2 is 2.29 bits per heavy atom. The number of nitrogens with two attached hydrogens (primary N) is 1. The molecule has 122 valence electrons. The molecule has 0 saturated carbocycles.